The fraction of sp³-hybridized carbons (Fsp3) is 0.444. The van der Waals surface area contributed by atoms with Gasteiger partial charge in [-0.3, -0.25) is 4.79 Å². The van der Waals surface area contributed by atoms with Gasteiger partial charge in [0.25, 0.3) is 0 Å². The molecule has 2 aromatic carbocycles. The van der Waals surface area contributed by atoms with Crippen molar-refractivity contribution < 1.29 is 69.7 Å². The Morgan fingerprint density at radius 3 is 2.00 bits per heavy atom. The number of phenols is 3. The van der Waals surface area contributed by atoms with E-state index in [1.54, 1.807) is 0 Å². The first kappa shape index (κ1) is 30.1. The summed E-state index contributed by atoms with van der Waals surface area (Å²) in [5.74, 6) is -1.50. The second-order valence-corrected chi connectivity index (χ2v) is 10.1. The average Bonchev–Trinajstić information content (AvgIpc) is 2.96. The lowest BCUT2D eigenvalue weighted by molar-refractivity contribution is -0.342. The standard InChI is InChI=1S/C27H30O15/c28-7-15-20(35)22(37)26(42-27-23(38)21(36)19(34)16(8-29)41-27)25(40-15)18-12(32)5-11(31)17-13(33)6-14(39-24(17)18)9-1-3-10(30)4-2-9/h1-6,15-16,19-23,25-32,34-38H,7-8H2/t15-,16-,19+,20-,21+,22+,23-,25+,26-,27+/m1/s1. The van der Waals surface area contributed by atoms with Crippen molar-refractivity contribution in [2.45, 2.75) is 61.2 Å². The molecule has 0 aliphatic carbocycles. The lowest BCUT2D eigenvalue weighted by Crippen LogP contribution is -2.62. The fourth-order valence-electron chi connectivity index (χ4n) is 5.17. The molecule has 10 atom stereocenters. The van der Waals surface area contributed by atoms with E-state index in [4.69, 9.17) is 18.6 Å². The molecular formula is C27H30O15. The number of fused-ring (bicyclic) bond motifs is 1. The first-order chi connectivity index (χ1) is 20.0. The number of aliphatic hydroxyl groups is 7. The lowest BCUT2D eigenvalue weighted by Gasteiger charge is -2.46. The van der Waals surface area contributed by atoms with Gasteiger partial charge in [0.2, 0.25) is 0 Å². The van der Waals surface area contributed by atoms with E-state index >= 15 is 0 Å². The molecule has 3 aromatic rings. The van der Waals surface area contributed by atoms with Crippen molar-refractivity contribution in [3.63, 3.8) is 0 Å². The van der Waals surface area contributed by atoms with Crippen molar-refractivity contribution in [2.75, 3.05) is 13.2 Å². The van der Waals surface area contributed by atoms with Gasteiger partial charge in [0, 0.05) is 17.7 Å². The number of benzene rings is 2. The molecule has 42 heavy (non-hydrogen) atoms. The molecule has 2 aliphatic rings. The topological polar surface area (TPSA) is 260 Å². The molecule has 15 nitrogen and oxygen atoms in total. The van der Waals surface area contributed by atoms with Gasteiger partial charge in [0.1, 0.15) is 83.3 Å². The summed E-state index contributed by atoms with van der Waals surface area (Å²) >= 11 is 0. The monoisotopic (exact) mass is 594 g/mol. The minimum Gasteiger partial charge on any atom is -0.508 e. The van der Waals surface area contributed by atoms with Crippen LogP contribution in [-0.2, 0) is 14.2 Å². The summed E-state index contributed by atoms with van der Waals surface area (Å²) < 4.78 is 22.9. The summed E-state index contributed by atoms with van der Waals surface area (Å²) in [5.41, 5.74) is -1.21. The van der Waals surface area contributed by atoms with Gasteiger partial charge in [-0.05, 0) is 24.3 Å². The normalized spacial score (nSPS) is 33.6. The maximum Gasteiger partial charge on any atom is 0.197 e. The molecular weight excluding hydrogens is 564 g/mol. The summed E-state index contributed by atoms with van der Waals surface area (Å²) in [7, 11) is 0. The van der Waals surface area contributed by atoms with Crippen molar-refractivity contribution in [3.8, 4) is 28.6 Å². The van der Waals surface area contributed by atoms with E-state index in [2.05, 4.69) is 0 Å². The molecule has 1 aromatic heterocycles. The number of rotatable bonds is 6. The zero-order valence-electron chi connectivity index (χ0n) is 21.7. The van der Waals surface area contributed by atoms with E-state index in [-0.39, 0.29) is 17.1 Å². The summed E-state index contributed by atoms with van der Waals surface area (Å²) in [6, 6.07) is 7.41. The van der Waals surface area contributed by atoms with Crippen molar-refractivity contribution in [3.05, 3.63) is 52.2 Å². The minimum atomic E-state index is -1.92. The fourth-order valence-corrected chi connectivity index (χ4v) is 5.17. The van der Waals surface area contributed by atoms with Crippen LogP contribution >= 0.6 is 0 Å². The highest BCUT2D eigenvalue weighted by Crippen LogP contribution is 2.45. The van der Waals surface area contributed by atoms with Crippen LogP contribution in [0.3, 0.4) is 0 Å². The first-order valence-corrected chi connectivity index (χ1v) is 12.9. The Labute approximate surface area is 236 Å². The average molecular weight is 595 g/mol. The van der Waals surface area contributed by atoms with Crippen molar-refractivity contribution in [1.29, 1.82) is 0 Å². The summed E-state index contributed by atoms with van der Waals surface area (Å²) in [5, 5.41) is 103. The van der Waals surface area contributed by atoms with Gasteiger partial charge < -0.3 is 69.7 Å². The molecule has 0 spiro atoms. The minimum absolute atomic E-state index is 0.0553. The molecule has 0 bridgehead atoms. The van der Waals surface area contributed by atoms with Gasteiger partial charge in [-0.15, -0.1) is 0 Å². The predicted octanol–water partition coefficient (Wildman–Crippen LogP) is -2.08. The molecule has 0 radical (unpaired) electrons. The van der Waals surface area contributed by atoms with E-state index in [0.717, 1.165) is 12.1 Å². The Morgan fingerprint density at radius 2 is 1.36 bits per heavy atom. The molecule has 3 heterocycles. The summed E-state index contributed by atoms with van der Waals surface area (Å²) in [6.07, 6.45) is -17.3. The summed E-state index contributed by atoms with van der Waals surface area (Å²) in [4.78, 5) is 13.1. The Bertz CT molecular complexity index is 1470. The maximum atomic E-state index is 13.1. The molecule has 15 heteroatoms. The molecule has 10 N–H and O–H groups in total. The van der Waals surface area contributed by atoms with Crippen LogP contribution in [0.1, 0.15) is 11.7 Å². The van der Waals surface area contributed by atoms with E-state index in [1.165, 1.54) is 24.3 Å². The largest absolute Gasteiger partial charge is 0.508 e. The van der Waals surface area contributed by atoms with Crippen LogP contribution in [0.4, 0.5) is 0 Å². The quantitative estimate of drug-likeness (QED) is 0.147. The zero-order valence-corrected chi connectivity index (χ0v) is 21.7. The van der Waals surface area contributed by atoms with Gasteiger partial charge in [-0.1, -0.05) is 0 Å². The number of aliphatic hydroxyl groups excluding tert-OH is 7. The van der Waals surface area contributed by atoms with Crippen LogP contribution in [0.25, 0.3) is 22.3 Å². The predicted molar refractivity (Wildman–Crippen MR) is 138 cm³/mol. The van der Waals surface area contributed by atoms with Crippen LogP contribution in [-0.4, -0.2) is 119 Å². The lowest BCUT2D eigenvalue weighted by atomic mass is 9.89. The van der Waals surface area contributed by atoms with E-state index < -0.39 is 102 Å². The second-order valence-electron chi connectivity index (χ2n) is 10.1. The Balaban J connectivity index is 1.66. The van der Waals surface area contributed by atoms with Crippen LogP contribution < -0.4 is 5.43 Å². The van der Waals surface area contributed by atoms with Crippen LogP contribution in [0.2, 0.25) is 0 Å². The second kappa shape index (κ2) is 11.7. The number of phenolic OH excluding ortho intramolecular Hbond substituents is 3. The SMILES string of the molecule is O=c1cc(-c2ccc(O)cc2)oc2c([C@@H]3O[C@H](CO)[C@@H](O)[C@H](O)[C@H]3O[C@@H]3O[C@H](CO)[C@H](O)[C@H](O)[C@H]3O)c(O)cc(O)c12. The highest BCUT2D eigenvalue weighted by molar-refractivity contribution is 5.89. The van der Waals surface area contributed by atoms with Crippen molar-refractivity contribution in [1.82, 2.24) is 0 Å². The van der Waals surface area contributed by atoms with Crippen LogP contribution in [0.5, 0.6) is 17.2 Å². The number of hydrogen-bond donors (Lipinski definition) is 10. The molecule has 2 aliphatic heterocycles. The van der Waals surface area contributed by atoms with E-state index in [9.17, 15) is 55.9 Å². The van der Waals surface area contributed by atoms with Gasteiger partial charge in [-0.25, -0.2) is 0 Å². The van der Waals surface area contributed by atoms with Gasteiger partial charge in [-0.2, -0.15) is 0 Å². The highest BCUT2D eigenvalue weighted by atomic mass is 16.7. The van der Waals surface area contributed by atoms with Gasteiger partial charge in [0.15, 0.2) is 17.3 Å². The van der Waals surface area contributed by atoms with Crippen LogP contribution in [0.15, 0.2) is 45.6 Å². The molecule has 228 valence electrons. The van der Waals surface area contributed by atoms with Crippen molar-refractivity contribution >= 4 is 11.0 Å². The molecule has 2 fully saturated rings. The van der Waals surface area contributed by atoms with Gasteiger partial charge >= 0.3 is 0 Å². The van der Waals surface area contributed by atoms with Gasteiger partial charge in [0.05, 0.1) is 18.8 Å². The number of ether oxygens (including phenoxy) is 3. The molecule has 0 amide bonds. The Hall–Kier alpha value is -3.35. The molecule has 0 saturated carbocycles. The Kier molecular flexibility index (Phi) is 8.41. The third-order valence-electron chi connectivity index (χ3n) is 7.44. The number of aromatic hydroxyl groups is 3. The van der Waals surface area contributed by atoms with Crippen molar-refractivity contribution in [2.24, 2.45) is 0 Å². The van der Waals surface area contributed by atoms with E-state index in [0.29, 0.717) is 5.56 Å². The Morgan fingerprint density at radius 1 is 0.738 bits per heavy atom. The third kappa shape index (κ3) is 5.20. The zero-order chi connectivity index (χ0) is 30.5. The molecule has 2 saturated heterocycles. The molecule has 5 rings (SSSR count). The first-order valence-electron chi connectivity index (χ1n) is 12.9. The maximum absolute atomic E-state index is 13.1. The smallest absolute Gasteiger partial charge is 0.197 e. The molecule has 0 unspecified atom stereocenters. The number of hydrogen-bond acceptors (Lipinski definition) is 15. The third-order valence-corrected chi connectivity index (χ3v) is 7.44. The summed E-state index contributed by atoms with van der Waals surface area (Å²) in [6.45, 7) is -1.61. The van der Waals surface area contributed by atoms with E-state index in [1.807, 2.05) is 0 Å². The van der Waals surface area contributed by atoms with Crippen LogP contribution in [0, 0.1) is 0 Å². The highest BCUT2D eigenvalue weighted by Gasteiger charge is 2.52.